The van der Waals surface area contributed by atoms with E-state index in [1.165, 1.54) is 6.33 Å². The standard InChI is InChI=1S/C19H20N4O4/c1-4-10(2)22-16(24)12-7-5-6-8-13(12)23-18(26)14-11(3)27-19-15(14)17(25)20-9-21-19/h5-10H,4H2,1-3H3,(H,22,24)(H,23,26)(H,20,21,25). The highest BCUT2D eigenvalue weighted by Crippen LogP contribution is 2.23. The van der Waals surface area contributed by atoms with Crippen LogP contribution in [0, 0.1) is 6.92 Å². The Morgan fingerprint density at radius 3 is 2.74 bits per heavy atom. The molecule has 3 N–H and O–H groups in total. The number of carbonyl (C=O) groups is 2. The first kappa shape index (κ1) is 18.4. The summed E-state index contributed by atoms with van der Waals surface area (Å²) in [4.78, 5) is 43.8. The van der Waals surface area contributed by atoms with Gasteiger partial charge >= 0.3 is 0 Å². The number of carbonyl (C=O) groups excluding carboxylic acids is 2. The maximum absolute atomic E-state index is 12.8. The third-order valence-electron chi connectivity index (χ3n) is 4.31. The summed E-state index contributed by atoms with van der Waals surface area (Å²) in [5, 5.41) is 5.65. The predicted molar refractivity (Wildman–Crippen MR) is 101 cm³/mol. The van der Waals surface area contributed by atoms with E-state index in [-0.39, 0.29) is 34.4 Å². The van der Waals surface area contributed by atoms with Gasteiger partial charge < -0.3 is 20.0 Å². The Morgan fingerprint density at radius 2 is 2.00 bits per heavy atom. The number of H-pyrrole nitrogens is 1. The Hall–Kier alpha value is -3.42. The molecule has 0 fully saturated rings. The van der Waals surface area contributed by atoms with Crippen molar-refractivity contribution in [2.75, 3.05) is 5.32 Å². The summed E-state index contributed by atoms with van der Waals surface area (Å²) in [5.74, 6) is -0.560. The van der Waals surface area contributed by atoms with Crippen LogP contribution < -0.4 is 16.2 Å². The van der Waals surface area contributed by atoms with Crippen LogP contribution >= 0.6 is 0 Å². The zero-order valence-electron chi connectivity index (χ0n) is 15.3. The van der Waals surface area contributed by atoms with Crippen LogP contribution in [0.4, 0.5) is 5.69 Å². The van der Waals surface area contributed by atoms with Crippen molar-refractivity contribution >= 4 is 28.6 Å². The molecule has 3 rings (SSSR count). The third kappa shape index (κ3) is 3.59. The van der Waals surface area contributed by atoms with Gasteiger partial charge in [-0.1, -0.05) is 19.1 Å². The molecule has 2 heterocycles. The van der Waals surface area contributed by atoms with Gasteiger partial charge in [0, 0.05) is 6.04 Å². The summed E-state index contributed by atoms with van der Waals surface area (Å²) >= 11 is 0. The molecule has 0 spiro atoms. The third-order valence-corrected chi connectivity index (χ3v) is 4.31. The van der Waals surface area contributed by atoms with Crippen molar-refractivity contribution < 1.29 is 14.0 Å². The minimum absolute atomic E-state index is 0.00551. The van der Waals surface area contributed by atoms with Gasteiger partial charge in [0.15, 0.2) is 0 Å². The lowest BCUT2D eigenvalue weighted by molar-refractivity contribution is 0.0940. The lowest BCUT2D eigenvalue weighted by atomic mass is 10.1. The van der Waals surface area contributed by atoms with Crippen LogP contribution in [0.1, 0.15) is 46.7 Å². The van der Waals surface area contributed by atoms with Crippen molar-refractivity contribution in [1.82, 2.24) is 15.3 Å². The molecular formula is C19H20N4O4. The smallest absolute Gasteiger partial charge is 0.262 e. The second-order valence-corrected chi connectivity index (χ2v) is 6.23. The number of hydrogen-bond donors (Lipinski definition) is 3. The van der Waals surface area contributed by atoms with Crippen LogP contribution in [0.25, 0.3) is 11.1 Å². The highest BCUT2D eigenvalue weighted by molar-refractivity contribution is 6.14. The number of aryl methyl sites for hydroxylation is 1. The number of rotatable bonds is 5. The second-order valence-electron chi connectivity index (χ2n) is 6.23. The van der Waals surface area contributed by atoms with Crippen molar-refractivity contribution in [2.45, 2.75) is 33.2 Å². The normalized spacial score (nSPS) is 12.0. The molecule has 1 aromatic carbocycles. The molecule has 1 unspecified atom stereocenters. The van der Waals surface area contributed by atoms with Gasteiger partial charge in [-0.25, -0.2) is 4.98 Å². The maximum atomic E-state index is 12.8. The quantitative estimate of drug-likeness (QED) is 0.640. The van der Waals surface area contributed by atoms with Gasteiger partial charge in [-0.15, -0.1) is 0 Å². The lowest BCUT2D eigenvalue weighted by Gasteiger charge is -2.14. The van der Waals surface area contributed by atoms with E-state index in [1.807, 2.05) is 13.8 Å². The molecule has 8 heteroatoms. The van der Waals surface area contributed by atoms with Crippen molar-refractivity contribution in [2.24, 2.45) is 0 Å². The minimum atomic E-state index is -0.548. The Bertz CT molecular complexity index is 1070. The summed E-state index contributed by atoms with van der Waals surface area (Å²) in [6.07, 6.45) is 2.00. The van der Waals surface area contributed by atoms with Crippen LogP contribution in [0.2, 0.25) is 0 Å². The summed E-state index contributed by atoms with van der Waals surface area (Å²) in [6.45, 7) is 5.45. The molecule has 0 aliphatic rings. The zero-order valence-corrected chi connectivity index (χ0v) is 15.3. The number of benzene rings is 1. The molecule has 0 aliphatic carbocycles. The Morgan fingerprint density at radius 1 is 1.26 bits per heavy atom. The van der Waals surface area contributed by atoms with E-state index < -0.39 is 11.5 Å². The summed E-state index contributed by atoms with van der Waals surface area (Å²) in [6, 6.07) is 6.69. The van der Waals surface area contributed by atoms with Gasteiger partial charge in [-0.3, -0.25) is 14.4 Å². The van der Waals surface area contributed by atoms with E-state index in [1.54, 1.807) is 31.2 Å². The summed E-state index contributed by atoms with van der Waals surface area (Å²) in [7, 11) is 0. The topological polar surface area (TPSA) is 117 Å². The first-order valence-corrected chi connectivity index (χ1v) is 8.60. The van der Waals surface area contributed by atoms with Crippen molar-refractivity contribution in [3.63, 3.8) is 0 Å². The van der Waals surface area contributed by atoms with Crippen molar-refractivity contribution in [3.05, 3.63) is 57.8 Å². The van der Waals surface area contributed by atoms with E-state index in [0.717, 1.165) is 6.42 Å². The Kier molecular flexibility index (Phi) is 5.07. The molecular weight excluding hydrogens is 348 g/mol. The van der Waals surface area contributed by atoms with Crippen LogP contribution in [-0.4, -0.2) is 27.8 Å². The number of nitrogens with zero attached hydrogens (tertiary/aromatic N) is 1. The zero-order chi connectivity index (χ0) is 19.6. The fourth-order valence-electron chi connectivity index (χ4n) is 2.71. The van der Waals surface area contributed by atoms with Gasteiger partial charge in [-0.05, 0) is 32.4 Å². The van der Waals surface area contributed by atoms with Gasteiger partial charge in [0.2, 0.25) is 5.71 Å². The molecule has 0 aliphatic heterocycles. The average Bonchev–Trinajstić information content (AvgIpc) is 2.99. The van der Waals surface area contributed by atoms with Crippen molar-refractivity contribution in [1.29, 1.82) is 0 Å². The van der Waals surface area contributed by atoms with Crippen molar-refractivity contribution in [3.8, 4) is 0 Å². The van der Waals surface area contributed by atoms with Crippen LogP contribution in [0.15, 0.2) is 39.8 Å². The predicted octanol–water partition coefficient (Wildman–Crippen LogP) is 2.61. The molecule has 0 radical (unpaired) electrons. The van der Waals surface area contributed by atoms with Gasteiger partial charge in [0.05, 0.1) is 23.1 Å². The average molecular weight is 368 g/mol. The Labute approximate surface area is 155 Å². The molecule has 0 bridgehead atoms. The van der Waals surface area contributed by atoms with Crippen LogP contribution in [0.3, 0.4) is 0 Å². The maximum Gasteiger partial charge on any atom is 0.262 e. The number of aromatic amines is 1. The SMILES string of the molecule is CCC(C)NC(=O)c1ccccc1NC(=O)c1c(C)oc2nc[nH]c(=O)c12. The van der Waals surface area contributed by atoms with E-state index in [4.69, 9.17) is 4.42 Å². The number of furan rings is 1. The molecule has 0 saturated heterocycles. The largest absolute Gasteiger partial charge is 0.442 e. The molecule has 2 amide bonds. The number of nitrogens with one attached hydrogen (secondary N) is 3. The minimum Gasteiger partial charge on any atom is -0.442 e. The molecule has 27 heavy (non-hydrogen) atoms. The van der Waals surface area contributed by atoms with Crippen LogP contribution in [-0.2, 0) is 0 Å². The van der Waals surface area contributed by atoms with E-state index >= 15 is 0 Å². The fourth-order valence-corrected chi connectivity index (χ4v) is 2.71. The van der Waals surface area contributed by atoms with Gasteiger partial charge in [0.25, 0.3) is 17.4 Å². The number of fused-ring (bicyclic) bond motifs is 1. The second kappa shape index (κ2) is 7.45. The monoisotopic (exact) mass is 368 g/mol. The summed E-state index contributed by atoms with van der Waals surface area (Å²) < 4.78 is 5.41. The Balaban J connectivity index is 1.96. The van der Waals surface area contributed by atoms with Gasteiger partial charge in [-0.2, -0.15) is 0 Å². The molecule has 0 saturated carbocycles. The van der Waals surface area contributed by atoms with E-state index in [9.17, 15) is 14.4 Å². The highest BCUT2D eigenvalue weighted by atomic mass is 16.3. The highest BCUT2D eigenvalue weighted by Gasteiger charge is 2.23. The first-order valence-electron chi connectivity index (χ1n) is 8.60. The molecule has 8 nitrogen and oxygen atoms in total. The number of hydrogen-bond acceptors (Lipinski definition) is 5. The fraction of sp³-hybridized carbons (Fsp3) is 0.263. The number of anilines is 1. The first-order chi connectivity index (χ1) is 12.9. The summed E-state index contributed by atoms with van der Waals surface area (Å²) in [5.41, 5.74) is 0.395. The van der Waals surface area contributed by atoms with Crippen LogP contribution in [0.5, 0.6) is 0 Å². The van der Waals surface area contributed by atoms with E-state index in [2.05, 4.69) is 20.6 Å². The molecule has 1 atom stereocenters. The number of amides is 2. The number of para-hydroxylation sites is 1. The molecule has 3 aromatic rings. The molecule has 2 aromatic heterocycles. The number of aromatic nitrogens is 2. The molecule has 140 valence electrons. The lowest BCUT2D eigenvalue weighted by Crippen LogP contribution is -2.32. The van der Waals surface area contributed by atoms with Gasteiger partial charge in [0.1, 0.15) is 11.1 Å². The van der Waals surface area contributed by atoms with E-state index in [0.29, 0.717) is 11.3 Å².